The van der Waals surface area contributed by atoms with Gasteiger partial charge >= 0.3 is 0 Å². The van der Waals surface area contributed by atoms with Gasteiger partial charge in [0.25, 0.3) is 11.5 Å². The molecule has 1 N–H and O–H groups in total. The fraction of sp³-hybridized carbons (Fsp3) is 0.150. The smallest absolute Gasteiger partial charge is 0.272 e. The number of carbonyl (C=O) groups excluding carboxylic acids is 1. The minimum Gasteiger partial charge on any atom is -0.344 e. The second-order valence-corrected chi connectivity index (χ2v) is 8.36. The van der Waals surface area contributed by atoms with Gasteiger partial charge in [-0.05, 0) is 42.8 Å². The monoisotopic (exact) mass is 397 g/mol. The highest BCUT2D eigenvalue weighted by Crippen LogP contribution is 2.16. The fourth-order valence-electron chi connectivity index (χ4n) is 2.64. The molecule has 144 valence electrons. The van der Waals surface area contributed by atoms with Gasteiger partial charge in [0.1, 0.15) is 5.69 Å². The van der Waals surface area contributed by atoms with E-state index >= 15 is 0 Å². The van der Waals surface area contributed by atoms with Crippen LogP contribution in [-0.4, -0.2) is 30.4 Å². The molecule has 0 saturated carbocycles. The molecule has 0 aliphatic carbocycles. The lowest BCUT2D eigenvalue weighted by atomic mass is 10.1. The lowest BCUT2D eigenvalue weighted by Gasteiger charge is -2.15. The van der Waals surface area contributed by atoms with Gasteiger partial charge in [-0.15, -0.1) is 0 Å². The molecule has 1 heterocycles. The van der Waals surface area contributed by atoms with Crippen molar-refractivity contribution in [3.63, 3.8) is 0 Å². The summed E-state index contributed by atoms with van der Waals surface area (Å²) in [6.45, 7) is 1.78. The summed E-state index contributed by atoms with van der Waals surface area (Å²) in [7, 11) is -3.28. The maximum atomic E-state index is 12.6. The van der Waals surface area contributed by atoms with Crippen molar-refractivity contribution in [1.82, 2.24) is 15.1 Å². The number of nitrogens with zero attached hydrogens (tertiary/aromatic N) is 2. The number of nitrogens with one attached hydrogen (secondary N) is 1. The van der Waals surface area contributed by atoms with Crippen molar-refractivity contribution in [2.24, 2.45) is 0 Å². The summed E-state index contributed by atoms with van der Waals surface area (Å²) in [4.78, 5) is 24.8. The van der Waals surface area contributed by atoms with Crippen molar-refractivity contribution in [1.29, 1.82) is 0 Å². The molecule has 2 aromatic carbocycles. The molecule has 0 bridgehead atoms. The summed E-state index contributed by atoms with van der Waals surface area (Å²) in [5.41, 5.74) is 1.07. The lowest BCUT2D eigenvalue weighted by molar-refractivity contribution is 0.0933. The molecule has 3 aromatic rings. The second-order valence-electron chi connectivity index (χ2n) is 6.34. The fourth-order valence-corrected chi connectivity index (χ4v) is 3.27. The van der Waals surface area contributed by atoms with E-state index in [0.717, 1.165) is 11.8 Å². The number of para-hydroxylation sites is 1. The quantitative estimate of drug-likeness (QED) is 0.711. The maximum absolute atomic E-state index is 12.6. The van der Waals surface area contributed by atoms with Gasteiger partial charge < -0.3 is 5.32 Å². The van der Waals surface area contributed by atoms with Crippen LogP contribution in [0.25, 0.3) is 5.69 Å². The van der Waals surface area contributed by atoms with E-state index < -0.39 is 15.7 Å². The summed E-state index contributed by atoms with van der Waals surface area (Å²) >= 11 is 0. The van der Waals surface area contributed by atoms with Crippen molar-refractivity contribution < 1.29 is 13.2 Å². The Balaban J connectivity index is 1.80. The van der Waals surface area contributed by atoms with Crippen LogP contribution < -0.4 is 10.9 Å². The topological polar surface area (TPSA) is 98.1 Å². The van der Waals surface area contributed by atoms with Crippen molar-refractivity contribution >= 4 is 15.7 Å². The second kappa shape index (κ2) is 7.77. The Morgan fingerprint density at radius 2 is 1.64 bits per heavy atom. The summed E-state index contributed by atoms with van der Waals surface area (Å²) < 4.78 is 24.3. The van der Waals surface area contributed by atoms with Crippen LogP contribution in [0.15, 0.2) is 76.4 Å². The van der Waals surface area contributed by atoms with Crippen LogP contribution in [0.5, 0.6) is 0 Å². The van der Waals surface area contributed by atoms with E-state index in [-0.39, 0.29) is 22.2 Å². The predicted octanol–water partition coefficient (Wildman–Crippen LogP) is 2.13. The summed E-state index contributed by atoms with van der Waals surface area (Å²) in [5.74, 6) is -0.440. The van der Waals surface area contributed by atoms with E-state index in [1.165, 1.54) is 28.9 Å². The third-order valence-corrected chi connectivity index (χ3v) is 5.32. The molecule has 28 heavy (non-hydrogen) atoms. The molecule has 0 fully saturated rings. The number of hydrogen-bond acceptors (Lipinski definition) is 5. The molecular weight excluding hydrogens is 378 g/mol. The van der Waals surface area contributed by atoms with E-state index in [0.29, 0.717) is 5.69 Å². The van der Waals surface area contributed by atoms with Crippen molar-refractivity contribution in [3.05, 3.63) is 88.3 Å². The number of rotatable bonds is 5. The first-order valence-corrected chi connectivity index (χ1v) is 10.4. The molecular formula is C20H19N3O4S. The van der Waals surface area contributed by atoms with E-state index in [4.69, 9.17) is 0 Å². The third-order valence-electron chi connectivity index (χ3n) is 4.19. The molecule has 0 aliphatic heterocycles. The number of sulfone groups is 1. The Morgan fingerprint density at radius 1 is 1.00 bits per heavy atom. The van der Waals surface area contributed by atoms with Crippen LogP contribution in [0.4, 0.5) is 0 Å². The van der Waals surface area contributed by atoms with Crippen LogP contribution in [0.2, 0.25) is 0 Å². The van der Waals surface area contributed by atoms with Crippen molar-refractivity contribution in [2.45, 2.75) is 17.9 Å². The van der Waals surface area contributed by atoms with Crippen LogP contribution in [0.1, 0.15) is 29.0 Å². The molecule has 0 unspecified atom stereocenters. The first kappa shape index (κ1) is 19.5. The van der Waals surface area contributed by atoms with Gasteiger partial charge in [0, 0.05) is 12.3 Å². The number of aromatic nitrogens is 2. The van der Waals surface area contributed by atoms with E-state index in [2.05, 4.69) is 10.4 Å². The summed E-state index contributed by atoms with van der Waals surface area (Å²) in [6, 6.07) is 17.4. The summed E-state index contributed by atoms with van der Waals surface area (Å²) in [6.07, 6.45) is 1.14. The molecule has 1 aromatic heterocycles. The molecule has 0 aliphatic rings. The molecule has 1 amide bonds. The number of hydrogen-bond donors (Lipinski definition) is 1. The molecule has 8 heteroatoms. The average molecular weight is 397 g/mol. The summed E-state index contributed by atoms with van der Waals surface area (Å²) in [5, 5.41) is 6.95. The molecule has 1 atom stereocenters. The van der Waals surface area contributed by atoms with Crippen LogP contribution in [-0.2, 0) is 9.84 Å². The van der Waals surface area contributed by atoms with E-state index in [1.807, 2.05) is 6.07 Å². The number of benzene rings is 2. The first-order valence-electron chi connectivity index (χ1n) is 8.52. The molecule has 0 radical (unpaired) electrons. The molecule has 0 saturated heterocycles. The normalized spacial score (nSPS) is 12.4. The Hall–Kier alpha value is -3.26. The third kappa shape index (κ3) is 4.34. The Morgan fingerprint density at radius 3 is 2.25 bits per heavy atom. The van der Waals surface area contributed by atoms with Crippen LogP contribution in [0.3, 0.4) is 0 Å². The van der Waals surface area contributed by atoms with Crippen LogP contribution in [0, 0.1) is 0 Å². The molecule has 7 nitrogen and oxygen atoms in total. The highest BCUT2D eigenvalue weighted by molar-refractivity contribution is 7.90. The Bertz CT molecular complexity index is 1150. The molecule has 3 rings (SSSR count). The van der Waals surface area contributed by atoms with Crippen molar-refractivity contribution in [2.75, 3.05) is 6.26 Å². The minimum atomic E-state index is -3.28. The maximum Gasteiger partial charge on any atom is 0.272 e. The first-order chi connectivity index (χ1) is 13.3. The Kier molecular flexibility index (Phi) is 5.41. The van der Waals surface area contributed by atoms with Gasteiger partial charge in [0.05, 0.1) is 16.6 Å². The highest BCUT2D eigenvalue weighted by Gasteiger charge is 2.15. The van der Waals surface area contributed by atoms with Crippen LogP contribution >= 0.6 is 0 Å². The van der Waals surface area contributed by atoms with E-state index in [9.17, 15) is 18.0 Å². The zero-order valence-corrected chi connectivity index (χ0v) is 16.2. The van der Waals surface area contributed by atoms with Gasteiger partial charge in [-0.3, -0.25) is 9.59 Å². The zero-order valence-electron chi connectivity index (χ0n) is 15.4. The average Bonchev–Trinajstić information content (AvgIpc) is 2.68. The van der Waals surface area contributed by atoms with Gasteiger partial charge in [-0.1, -0.05) is 30.3 Å². The van der Waals surface area contributed by atoms with Gasteiger partial charge in [0.2, 0.25) is 0 Å². The molecule has 0 spiro atoms. The van der Waals surface area contributed by atoms with E-state index in [1.54, 1.807) is 43.3 Å². The SMILES string of the molecule is C[C@@H](NC(=O)c1ccc(=O)n(-c2ccccc2)n1)c1ccc(S(C)(=O)=O)cc1. The standard InChI is InChI=1S/C20H19N3O4S/c1-14(15-8-10-17(11-9-15)28(2,26)27)21-20(25)18-12-13-19(24)23(22-18)16-6-4-3-5-7-16/h3-14H,1-2H3,(H,21,25)/t14-/m1/s1. The Labute approximate surface area is 162 Å². The zero-order chi connectivity index (χ0) is 20.3. The van der Waals surface area contributed by atoms with Gasteiger partial charge in [0.15, 0.2) is 9.84 Å². The van der Waals surface area contributed by atoms with Crippen molar-refractivity contribution in [3.8, 4) is 5.69 Å². The lowest BCUT2D eigenvalue weighted by Crippen LogP contribution is -2.30. The number of carbonyl (C=O) groups is 1. The number of amides is 1. The van der Waals surface area contributed by atoms with Gasteiger partial charge in [-0.25, -0.2) is 8.42 Å². The minimum absolute atomic E-state index is 0.100. The predicted molar refractivity (Wildman–Crippen MR) is 105 cm³/mol. The highest BCUT2D eigenvalue weighted by atomic mass is 32.2. The van der Waals surface area contributed by atoms with Gasteiger partial charge in [-0.2, -0.15) is 9.78 Å². The largest absolute Gasteiger partial charge is 0.344 e.